The summed E-state index contributed by atoms with van der Waals surface area (Å²) in [5.74, 6) is 0.139. The topological polar surface area (TPSA) is 20.3 Å². The minimum Gasteiger partial charge on any atom is -0.339 e. The van der Waals surface area contributed by atoms with Gasteiger partial charge in [-0.3, -0.25) is 4.79 Å². The third-order valence-corrected chi connectivity index (χ3v) is 2.78. The molecule has 0 spiro atoms. The summed E-state index contributed by atoms with van der Waals surface area (Å²) in [5, 5.41) is 0.936. The Morgan fingerprint density at radius 1 is 1.24 bits per heavy atom. The van der Waals surface area contributed by atoms with E-state index in [0.717, 1.165) is 18.3 Å². The molecule has 0 bridgehead atoms. The highest BCUT2D eigenvalue weighted by atomic mass is 79.9. The molecule has 3 heteroatoms. The largest absolute Gasteiger partial charge is 0.339 e. The molecule has 2 nitrogen and oxygen atoms in total. The van der Waals surface area contributed by atoms with E-state index < -0.39 is 0 Å². The number of hydrogen-bond acceptors (Lipinski definition) is 1. The fourth-order valence-electron chi connectivity index (χ4n) is 1.40. The predicted molar refractivity (Wildman–Crippen MR) is 77.3 cm³/mol. The zero-order chi connectivity index (χ0) is 13.1. The third kappa shape index (κ3) is 7.16. The minimum atomic E-state index is 0.139. The van der Waals surface area contributed by atoms with Crippen LogP contribution in [-0.2, 0) is 11.3 Å². The summed E-state index contributed by atoms with van der Waals surface area (Å²) >= 11 is 3.37. The first-order chi connectivity index (χ1) is 8.24. The van der Waals surface area contributed by atoms with E-state index in [1.807, 2.05) is 49.1 Å². The van der Waals surface area contributed by atoms with Crippen molar-refractivity contribution in [3.05, 3.63) is 35.9 Å². The van der Waals surface area contributed by atoms with Crippen molar-refractivity contribution in [2.45, 2.75) is 33.7 Å². The summed E-state index contributed by atoms with van der Waals surface area (Å²) < 4.78 is 0. The summed E-state index contributed by atoms with van der Waals surface area (Å²) in [7, 11) is 0. The fraction of sp³-hybridized carbons (Fsp3) is 0.500. The SMILES string of the molecule is CC.CC(=O)N(CCCBr)Cc1ccccc1. The molecule has 1 aromatic rings. The Morgan fingerprint density at radius 2 is 1.82 bits per heavy atom. The summed E-state index contributed by atoms with van der Waals surface area (Å²) in [4.78, 5) is 13.2. The van der Waals surface area contributed by atoms with Gasteiger partial charge in [0.25, 0.3) is 0 Å². The molecule has 0 aliphatic heterocycles. The minimum absolute atomic E-state index is 0.139. The van der Waals surface area contributed by atoms with Crippen molar-refractivity contribution in [1.82, 2.24) is 4.90 Å². The summed E-state index contributed by atoms with van der Waals surface area (Å²) in [6, 6.07) is 10.1. The van der Waals surface area contributed by atoms with Crippen LogP contribution in [0.2, 0.25) is 0 Å². The molecule has 0 unspecified atom stereocenters. The second-order valence-corrected chi connectivity index (χ2v) is 4.26. The average molecular weight is 300 g/mol. The zero-order valence-electron chi connectivity index (χ0n) is 10.9. The van der Waals surface area contributed by atoms with Gasteiger partial charge in [-0.1, -0.05) is 60.1 Å². The summed E-state index contributed by atoms with van der Waals surface area (Å²) in [6.07, 6.45) is 0.992. The molecule has 17 heavy (non-hydrogen) atoms. The fourth-order valence-corrected chi connectivity index (χ4v) is 1.65. The van der Waals surface area contributed by atoms with Gasteiger partial charge in [-0.2, -0.15) is 0 Å². The zero-order valence-corrected chi connectivity index (χ0v) is 12.5. The molecule has 0 heterocycles. The lowest BCUT2D eigenvalue weighted by Crippen LogP contribution is -2.29. The van der Waals surface area contributed by atoms with Crippen LogP contribution in [0.1, 0.15) is 32.8 Å². The Labute approximate surface area is 113 Å². The van der Waals surface area contributed by atoms with Gasteiger partial charge in [-0.25, -0.2) is 0 Å². The van der Waals surface area contributed by atoms with Gasteiger partial charge in [0.1, 0.15) is 0 Å². The van der Waals surface area contributed by atoms with E-state index in [9.17, 15) is 4.79 Å². The van der Waals surface area contributed by atoms with Crippen LogP contribution in [0.15, 0.2) is 30.3 Å². The molecule has 0 N–H and O–H groups in total. The van der Waals surface area contributed by atoms with Crippen LogP contribution in [-0.4, -0.2) is 22.7 Å². The van der Waals surface area contributed by atoms with Crippen LogP contribution in [0.5, 0.6) is 0 Å². The third-order valence-electron chi connectivity index (χ3n) is 2.22. The second-order valence-electron chi connectivity index (χ2n) is 3.47. The molecule has 0 atom stereocenters. The van der Waals surface area contributed by atoms with Crippen molar-refractivity contribution in [2.75, 3.05) is 11.9 Å². The normalized spacial score (nSPS) is 9.18. The second kappa shape index (κ2) is 10.3. The van der Waals surface area contributed by atoms with Crippen LogP contribution in [0.3, 0.4) is 0 Å². The number of nitrogens with zero attached hydrogens (tertiary/aromatic N) is 1. The molecular weight excluding hydrogens is 278 g/mol. The molecule has 96 valence electrons. The van der Waals surface area contributed by atoms with Gasteiger partial charge < -0.3 is 4.90 Å². The molecule has 1 aromatic carbocycles. The molecule has 0 aliphatic carbocycles. The molecule has 0 saturated heterocycles. The Kier molecular flexibility index (Phi) is 9.83. The lowest BCUT2D eigenvalue weighted by atomic mass is 10.2. The smallest absolute Gasteiger partial charge is 0.219 e. The quantitative estimate of drug-likeness (QED) is 0.756. The highest BCUT2D eigenvalue weighted by Gasteiger charge is 2.07. The first-order valence-corrected chi connectivity index (χ1v) is 7.21. The molecule has 0 aromatic heterocycles. The Balaban J connectivity index is 0.00000121. The number of carbonyl (C=O) groups is 1. The van der Waals surface area contributed by atoms with Gasteiger partial charge in [-0.05, 0) is 12.0 Å². The van der Waals surface area contributed by atoms with Crippen LogP contribution in [0.25, 0.3) is 0 Å². The van der Waals surface area contributed by atoms with Crippen LogP contribution in [0.4, 0.5) is 0 Å². The average Bonchev–Trinajstić information content (AvgIpc) is 2.38. The summed E-state index contributed by atoms with van der Waals surface area (Å²) in [6.45, 7) is 7.15. The maximum Gasteiger partial charge on any atom is 0.219 e. The molecule has 1 rings (SSSR count). The maximum absolute atomic E-state index is 11.4. The first-order valence-electron chi connectivity index (χ1n) is 6.09. The molecule has 0 aliphatic rings. The van der Waals surface area contributed by atoms with Crippen molar-refractivity contribution in [3.63, 3.8) is 0 Å². The first kappa shape index (κ1) is 16.2. The van der Waals surface area contributed by atoms with Crippen LogP contribution < -0.4 is 0 Å². The van der Waals surface area contributed by atoms with E-state index in [-0.39, 0.29) is 5.91 Å². The Morgan fingerprint density at radius 3 is 2.29 bits per heavy atom. The Hall–Kier alpha value is -0.830. The number of hydrogen-bond donors (Lipinski definition) is 0. The monoisotopic (exact) mass is 299 g/mol. The van der Waals surface area contributed by atoms with E-state index in [1.54, 1.807) is 6.92 Å². The highest BCUT2D eigenvalue weighted by molar-refractivity contribution is 9.09. The number of halogens is 1. The molecule has 1 amide bonds. The van der Waals surface area contributed by atoms with E-state index >= 15 is 0 Å². The molecule has 0 radical (unpaired) electrons. The van der Waals surface area contributed by atoms with Gasteiger partial charge in [0.05, 0.1) is 0 Å². The lowest BCUT2D eigenvalue weighted by molar-refractivity contribution is -0.129. The number of alkyl halides is 1. The van der Waals surface area contributed by atoms with Crippen molar-refractivity contribution < 1.29 is 4.79 Å². The van der Waals surface area contributed by atoms with E-state index in [2.05, 4.69) is 15.9 Å². The lowest BCUT2D eigenvalue weighted by Gasteiger charge is -2.20. The van der Waals surface area contributed by atoms with Gasteiger partial charge in [0.15, 0.2) is 0 Å². The molecular formula is C14H22BrNO. The van der Waals surface area contributed by atoms with Crippen molar-refractivity contribution in [1.29, 1.82) is 0 Å². The van der Waals surface area contributed by atoms with Crippen LogP contribution in [0, 0.1) is 0 Å². The van der Waals surface area contributed by atoms with Gasteiger partial charge in [-0.15, -0.1) is 0 Å². The van der Waals surface area contributed by atoms with Crippen molar-refractivity contribution in [2.24, 2.45) is 0 Å². The summed E-state index contributed by atoms with van der Waals surface area (Å²) in [5.41, 5.74) is 1.18. The van der Waals surface area contributed by atoms with Crippen molar-refractivity contribution in [3.8, 4) is 0 Å². The van der Waals surface area contributed by atoms with Crippen LogP contribution >= 0.6 is 15.9 Å². The Bertz CT molecular complexity index is 300. The van der Waals surface area contributed by atoms with Crippen molar-refractivity contribution >= 4 is 21.8 Å². The van der Waals surface area contributed by atoms with Gasteiger partial charge in [0, 0.05) is 25.3 Å². The molecule has 0 fully saturated rings. The van der Waals surface area contributed by atoms with E-state index in [1.165, 1.54) is 5.56 Å². The number of benzene rings is 1. The number of amides is 1. The maximum atomic E-state index is 11.4. The van der Waals surface area contributed by atoms with Gasteiger partial charge >= 0.3 is 0 Å². The van der Waals surface area contributed by atoms with Gasteiger partial charge in [0.2, 0.25) is 5.91 Å². The van der Waals surface area contributed by atoms with E-state index in [4.69, 9.17) is 0 Å². The van der Waals surface area contributed by atoms with E-state index in [0.29, 0.717) is 6.54 Å². The number of rotatable bonds is 5. The standard InChI is InChI=1S/C12H16BrNO.C2H6/c1-11(15)14(9-5-8-13)10-12-6-3-2-4-7-12;1-2/h2-4,6-7H,5,8-10H2,1H3;1-2H3. The highest BCUT2D eigenvalue weighted by Crippen LogP contribution is 2.05. The molecule has 0 saturated carbocycles. The number of carbonyl (C=O) groups excluding carboxylic acids is 1. The predicted octanol–water partition coefficient (Wildman–Crippen LogP) is 3.85.